The summed E-state index contributed by atoms with van der Waals surface area (Å²) in [6.07, 6.45) is 0. The van der Waals surface area contributed by atoms with Gasteiger partial charge in [-0.25, -0.2) is 8.42 Å². The maximum Gasteiger partial charge on any atom is 0.261 e. The molecule has 0 heterocycles. The van der Waals surface area contributed by atoms with Crippen molar-refractivity contribution in [1.82, 2.24) is 0 Å². The molecule has 0 aromatic heterocycles. The molecule has 0 bridgehead atoms. The van der Waals surface area contributed by atoms with Gasteiger partial charge in [0.15, 0.2) is 0 Å². The van der Waals surface area contributed by atoms with E-state index >= 15 is 0 Å². The van der Waals surface area contributed by atoms with Crippen molar-refractivity contribution >= 4 is 15.7 Å². The van der Waals surface area contributed by atoms with Gasteiger partial charge < -0.3 is 0 Å². The van der Waals surface area contributed by atoms with E-state index in [-0.39, 0.29) is 10.3 Å². The predicted molar refractivity (Wildman–Crippen MR) is 96.5 cm³/mol. The van der Waals surface area contributed by atoms with Crippen molar-refractivity contribution in [2.75, 3.05) is 4.72 Å². The van der Waals surface area contributed by atoms with Gasteiger partial charge in [-0.1, -0.05) is 58.9 Å². The highest BCUT2D eigenvalue weighted by atomic mass is 32.2. The molecule has 0 spiro atoms. The second-order valence-electron chi connectivity index (χ2n) is 7.16. The van der Waals surface area contributed by atoms with Crippen LogP contribution in [-0.4, -0.2) is 8.42 Å². The Balaban J connectivity index is 2.21. The fourth-order valence-electron chi connectivity index (χ4n) is 2.28. The van der Waals surface area contributed by atoms with Crippen LogP contribution in [-0.2, 0) is 15.4 Å². The molecule has 0 saturated carbocycles. The molecule has 2 rings (SSSR count). The highest BCUT2D eigenvalue weighted by molar-refractivity contribution is 7.92. The van der Waals surface area contributed by atoms with Gasteiger partial charge in [-0.15, -0.1) is 0 Å². The molecule has 124 valence electrons. The van der Waals surface area contributed by atoms with Crippen LogP contribution in [0.3, 0.4) is 0 Å². The third-order valence-electron chi connectivity index (χ3n) is 3.86. The van der Waals surface area contributed by atoms with Crippen LogP contribution in [0.15, 0.2) is 53.4 Å². The van der Waals surface area contributed by atoms with Crippen LogP contribution in [0.1, 0.15) is 51.7 Å². The summed E-state index contributed by atoms with van der Waals surface area (Å²) < 4.78 is 27.6. The topological polar surface area (TPSA) is 46.2 Å². The molecular weight excluding hydrogens is 306 g/mol. The second kappa shape index (κ2) is 6.36. The van der Waals surface area contributed by atoms with Crippen molar-refractivity contribution in [2.45, 2.75) is 50.8 Å². The highest BCUT2D eigenvalue weighted by Gasteiger charge is 2.17. The summed E-state index contributed by atoms with van der Waals surface area (Å²) in [6.45, 7) is 10.5. The smallest absolute Gasteiger partial charge is 0.261 e. The quantitative estimate of drug-likeness (QED) is 0.865. The van der Waals surface area contributed by atoms with Crippen LogP contribution >= 0.6 is 0 Å². The van der Waals surface area contributed by atoms with Crippen LogP contribution in [0.5, 0.6) is 0 Å². The van der Waals surface area contributed by atoms with E-state index in [9.17, 15) is 8.42 Å². The molecule has 4 heteroatoms. The molecular formula is C19H25NO2S. The summed E-state index contributed by atoms with van der Waals surface area (Å²) in [7, 11) is -3.56. The van der Waals surface area contributed by atoms with E-state index in [2.05, 4.69) is 39.3 Å². The summed E-state index contributed by atoms with van der Waals surface area (Å²) in [5, 5.41) is 0. The molecule has 0 unspecified atom stereocenters. The third-order valence-corrected chi connectivity index (χ3v) is 5.26. The maximum atomic E-state index is 12.5. The molecule has 2 aromatic carbocycles. The Morgan fingerprint density at radius 2 is 1.39 bits per heavy atom. The van der Waals surface area contributed by atoms with Crippen LogP contribution in [0.2, 0.25) is 0 Å². The van der Waals surface area contributed by atoms with E-state index in [1.165, 1.54) is 5.56 Å². The molecule has 0 aliphatic carbocycles. The summed E-state index contributed by atoms with van der Waals surface area (Å²) in [5.41, 5.74) is 2.87. The zero-order valence-electron chi connectivity index (χ0n) is 14.4. The van der Waals surface area contributed by atoms with E-state index in [0.29, 0.717) is 11.6 Å². The lowest BCUT2D eigenvalue weighted by molar-refractivity contribution is 0.587. The lowest BCUT2D eigenvalue weighted by Crippen LogP contribution is -2.14. The molecule has 3 nitrogen and oxygen atoms in total. The average Bonchev–Trinajstić information content (AvgIpc) is 2.46. The van der Waals surface area contributed by atoms with Crippen molar-refractivity contribution in [3.63, 3.8) is 0 Å². The third kappa shape index (κ3) is 4.35. The molecule has 0 aliphatic heterocycles. The SMILES string of the molecule is CC(C)c1ccc(NS(=O)(=O)c2ccc(C(C)(C)C)cc2)cc1. The van der Waals surface area contributed by atoms with Crippen LogP contribution in [0, 0.1) is 0 Å². The van der Waals surface area contributed by atoms with Gasteiger partial charge in [0.25, 0.3) is 10.0 Å². The van der Waals surface area contributed by atoms with E-state index in [1.54, 1.807) is 24.3 Å². The fourth-order valence-corrected chi connectivity index (χ4v) is 3.34. The van der Waals surface area contributed by atoms with Gasteiger partial charge >= 0.3 is 0 Å². The number of hydrogen-bond acceptors (Lipinski definition) is 2. The van der Waals surface area contributed by atoms with Crippen molar-refractivity contribution in [3.05, 3.63) is 59.7 Å². The standard InChI is InChI=1S/C19H25NO2S/c1-14(2)15-6-10-17(11-7-15)20-23(21,22)18-12-8-16(9-13-18)19(3,4)5/h6-14,20H,1-5H3. The lowest BCUT2D eigenvalue weighted by atomic mass is 9.87. The van der Waals surface area contributed by atoms with Crippen LogP contribution < -0.4 is 4.72 Å². The van der Waals surface area contributed by atoms with E-state index in [1.807, 2.05) is 24.3 Å². The molecule has 0 atom stereocenters. The number of sulfonamides is 1. The summed E-state index contributed by atoms with van der Waals surface area (Å²) in [4.78, 5) is 0.276. The molecule has 23 heavy (non-hydrogen) atoms. The van der Waals surface area contributed by atoms with Gasteiger partial charge in [0, 0.05) is 5.69 Å². The summed E-state index contributed by atoms with van der Waals surface area (Å²) in [6, 6.07) is 14.6. The van der Waals surface area contributed by atoms with Gasteiger partial charge in [-0.2, -0.15) is 0 Å². The molecule has 0 radical (unpaired) electrons. The second-order valence-corrected chi connectivity index (χ2v) is 8.84. The van der Waals surface area contributed by atoms with E-state index in [0.717, 1.165) is 5.56 Å². The normalized spacial score (nSPS) is 12.4. The van der Waals surface area contributed by atoms with Crippen molar-refractivity contribution in [1.29, 1.82) is 0 Å². The number of hydrogen-bond donors (Lipinski definition) is 1. The van der Waals surface area contributed by atoms with Crippen LogP contribution in [0.4, 0.5) is 5.69 Å². The summed E-state index contributed by atoms with van der Waals surface area (Å²) >= 11 is 0. The Hall–Kier alpha value is -1.81. The number of benzene rings is 2. The van der Waals surface area contributed by atoms with Crippen LogP contribution in [0.25, 0.3) is 0 Å². The minimum Gasteiger partial charge on any atom is -0.280 e. The van der Waals surface area contributed by atoms with Crippen molar-refractivity contribution in [2.24, 2.45) is 0 Å². The first-order valence-electron chi connectivity index (χ1n) is 7.83. The first-order chi connectivity index (χ1) is 10.6. The Kier molecular flexibility index (Phi) is 4.85. The zero-order chi connectivity index (χ0) is 17.3. The minimum atomic E-state index is -3.56. The maximum absolute atomic E-state index is 12.5. The monoisotopic (exact) mass is 331 g/mol. The first-order valence-corrected chi connectivity index (χ1v) is 9.31. The number of nitrogens with one attached hydrogen (secondary N) is 1. The molecule has 0 amide bonds. The first kappa shape index (κ1) is 17.5. The fraction of sp³-hybridized carbons (Fsp3) is 0.368. The van der Waals surface area contributed by atoms with Crippen molar-refractivity contribution < 1.29 is 8.42 Å². The molecule has 1 N–H and O–H groups in total. The zero-order valence-corrected chi connectivity index (χ0v) is 15.2. The highest BCUT2D eigenvalue weighted by Crippen LogP contribution is 2.24. The number of rotatable bonds is 4. The Labute approximate surface area is 139 Å². The minimum absolute atomic E-state index is 0.00238. The van der Waals surface area contributed by atoms with Gasteiger partial charge in [0.1, 0.15) is 0 Å². The van der Waals surface area contributed by atoms with Crippen molar-refractivity contribution in [3.8, 4) is 0 Å². The van der Waals surface area contributed by atoms with Gasteiger partial charge in [0.05, 0.1) is 4.90 Å². The average molecular weight is 331 g/mol. The Morgan fingerprint density at radius 1 is 0.870 bits per heavy atom. The molecule has 0 aliphatic rings. The van der Waals surface area contributed by atoms with E-state index < -0.39 is 10.0 Å². The molecule has 0 fully saturated rings. The molecule has 2 aromatic rings. The number of anilines is 1. The largest absolute Gasteiger partial charge is 0.280 e. The Morgan fingerprint density at radius 3 is 1.83 bits per heavy atom. The lowest BCUT2D eigenvalue weighted by Gasteiger charge is -2.19. The van der Waals surface area contributed by atoms with Gasteiger partial charge in [-0.3, -0.25) is 4.72 Å². The van der Waals surface area contributed by atoms with E-state index in [4.69, 9.17) is 0 Å². The van der Waals surface area contributed by atoms with Gasteiger partial charge in [0.2, 0.25) is 0 Å². The summed E-state index contributed by atoms with van der Waals surface area (Å²) in [5.74, 6) is 0.422. The Bertz CT molecular complexity index is 753. The molecule has 0 saturated heterocycles. The predicted octanol–water partition coefficient (Wildman–Crippen LogP) is 4.91. The van der Waals surface area contributed by atoms with Gasteiger partial charge in [-0.05, 0) is 46.7 Å².